The molecule has 3 rings (SSSR count). The van der Waals surface area contributed by atoms with Gasteiger partial charge in [0.05, 0.1) is 17.1 Å². The number of amides is 1. The summed E-state index contributed by atoms with van der Waals surface area (Å²) in [6.45, 7) is 2.06. The molecule has 4 nitrogen and oxygen atoms in total. The monoisotopic (exact) mass is 311 g/mol. The van der Waals surface area contributed by atoms with Crippen LogP contribution in [0, 0.1) is 5.82 Å². The number of hydrogen-bond donors (Lipinski definition) is 2. The van der Waals surface area contributed by atoms with E-state index in [-0.39, 0.29) is 17.8 Å². The number of para-hydroxylation sites is 2. The SMILES string of the molecule is CCC[C@H](NC(=O)c1ccc(F)cc1)c1nc2ccccc2[nH]1. The number of aromatic amines is 1. The smallest absolute Gasteiger partial charge is 0.251 e. The van der Waals surface area contributed by atoms with Crippen LogP contribution in [-0.2, 0) is 0 Å². The number of aromatic nitrogens is 2. The number of halogens is 1. The van der Waals surface area contributed by atoms with E-state index in [9.17, 15) is 9.18 Å². The minimum Gasteiger partial charge on any atom is -0.342 e. The number of nitrogens with one attached hydrogen (secondary N) is 2. The van der Waals surface area contributed by atoms with Crippen molar-refractivity contribution >= 4 is 16.9 Å². The van der Waals surface area contributed by atoms with Crippen LogP contribution in [0.2, 0.25) is 0 Å². The van der Waals surface area contributed by atoms with E-state index in [0.717, 1.165) is 29.7 Å². The van der Waals surface area contributed by atoms with E-state index in [1.54, 1.807) is 0 Å². The molecule has 23 heavy (non-hydrogen) atoms. The molecular formula is C18H18FN3O. The zero-order valence-electron chi connectivity index (χ0n) is 12.8. The molecule has 118 valence electrons. The average molecular weight is 311 g/mol. The van der Waals surface area contributed by atoms with Gasteiger partial charge in [0.1, 0.15) is 11.6 Å². The maximum absolute atomic E-state index is 13.0. The number of carbonyl (C=O) groups excluding carboxylic acids is 1. The van der Waals surface area contributed by atoms with E-state index >= 15 is 0 Å². The van der Waals surface area contributed by atoms with Crippen molar-refractivity contribution in [2.75, 3.05) is 0 Å². The van der Waals surface area contributed by atoms with Gasteiger partial charge in [-0.3, -0.25) is 4.79 Å². The Hall–Kier alpha value is -2.69. The third-order valence-corrected chi connectivity index (χ3v) is 3.73. The molecule has 0 fully saturated rings. The lowest BCUT2D eigenvalue weighted by Crippen LogP contribution is -2.29. The van der Waals surface area contributed by atoms with Crippen molar-refractivity contribution < 1.29 is 9.18 Å². The van der Waals surface area contributed by atoms with Crippen molar-refractivity contribution in [2.45, 2.75) is 25.8 Å². The molecule has 1 aromatic heterocycles. The second kappa shape index (κ2) is 6.60. The van der Waals surface area contributed by atoms with Crippen LogP contribution in [0.5, 0.6) is 0 Å². The van der Waals surface area contributed by atoms with Gasteiger partial charge in [0.25, 0.3) is 5.91 Å². The second-order valence-electron chi connectivity index (χ2n) is 5.46. The number of fused-ring (bicyclic) bond motifs is 1. The fourth-order valence-corrected chi connectivity index (χ4v) is 2.55. The van der Waals surface area contributed by atoms with Crippen LogP contribution in [0.15, 0.2) is 48.5 Å². The van der Waals surface area contributed by atoms with Crippen LogP contribution < -0.4 is 5.32 Å². The van der Waals surface area contributed by atoms with Gasteiger partial charge in [0.15, 0.2) is 0 Å². The summed E-state index contributed by atoms with van der Waals surface area (Å²) in [4.78, 5) is 20.2. The largest absolute Gasteiger partial charge is 0.342 e. The third-order valence-electron chi connectivity index (χ3n) is 3.73. The summed E-state index contributed by atoms with van der Waals surface area (Å²) in [5.41, 5.74) is 2.25. The lowest BCUT2D eigenvalue weighted by atomic mass is 10.1. The number of benzene rings is 2. The number of carbonyl (C=O) groups is 1. The second-order valence-corrected chi connectivity index (χ2v) is 5.46. The van der Waals surface area contributed by atoms with Gasteiger partial charge in [-0.25, -0.2) is 9.37 Å². The first-order valence-electron chi connectivity index (χ1n) is 7.68. The van der Waals surface area contributed by atoms with Gasteiger partial charge in [-0.15, -0.1) is 0 Å². The van der Waals surface area contributed by atoms with E-state index in [1.165, 1.54) is 24.3 Å². The summed E-state index contributed by atoms with van der Waals surface area (Å²) in [7, 11) is 0. The Morgan fingerprint density at radius 2 is 1.96 bits per heavy atom. The van der Waals surface area contributed by atoms with Gasteiger partial charge >= 0.3 is 0 Å². The molecule has 2 N–H and O–H groups in total. The number of rotatable bonds is 5. The van der Waals surface area contributed by atoms with Crippen LogP contribution in [-0.4, -0.2) is 15.9 Å². The Balaban J connectivity index is 1.83. The van der Waals surface area contributed by atoms with Crippen LogP contribution >= 0.6 is 0 Å². The zero-order valence-corrected chi connectivity index (χ0v) is 12.8. The van der Waals surface area contributed by atoms with Crippen LogP contribution in [0.1, 0.15) is 42.0 Å². The van der Waals surface area contributed by atoms with Gasteiger partial charge < -0.3 is 10.3 Å². The molecule has 0 bridgehead atoms. The summed E-state index contributed by atoms with van der Waals surface area (Å²) >= 11 is 0. The van der Waals surface area contributed by atoms with Crippen LogP contribution in [0.3, 0.4) is 0 Å². The standard InChI is InChI=1S/C18H18FN3O/c1-2-5-16(17-20-14-6-3-4-7-15(14)21-17)22-18(23)12-8-10-13(19)11-9-12/h3-4,6-11,16H,2,5H2,1H3,(H,20,21)(H,22,23)/t16-/m0/s1. The quantitative estimate of drug-likeness (QED) is 0.749. The van der Waals surface area contributed by atoms with Crippen molar-refractivity contribution in [3.63, 3.8) is 0 Å². The number of H-pyrrole nitrogens is 1. The van der Waals surface area contributed by atoms with E-state index in [4.69, 9.17) is 0 Å². The molecule has 0 saturated heterocycles. The normalized spacial score (nSPS) is 12.3. The third kappa shape index (κ3) is 3.39. The first kappa shape index (κ1) is 15.2. The maximum atomic E-state index is 13.0. The van der Waals surface area contributed by atoms with Gasteiger partial charge in [-0.1, -0.05) is 25.5 Å². The lowest BCUT2D eigenvalue weighted by molar-refractivity contribution is 0.0932. The topological polar surface area (TPSA) is 57.8 Å². The highest BCUT2D eigenvalue weighted by atomic mass is 19.1. The molecule has 0 aliphatic heterocycles. The van der Waals surface area contributed by atoms with Crippen molar-refractivity contribution in [3.8, 4) is 0 Å². The molecule has 1 heterocycles. The summed E-state index contributed by atoms with van der Waals surface area (Å²) in [5.74, 6) is 0.149. The first-order chi connectivity index (χ1) is 11.2. The molecule has 0 aliphatic carbocycles. The number of hydrogen-bond acceptors (Lipinski definition) is 2. The van der Waals surface area contributed by atoms with Gasteiger partial charge in [0, 0.05) is 5.56 Å². The Morgan fingerprint density at radius 3 is 2.65 bits per heavy atom. The summed E-state index contributed by atoms with van der Waals surface area (Å²) in [6, 6.07) is 13.1. The van der Waals surface area contributed by atoms with E-state index in [1.807, 2.05) is 24.3 Å². The highest BCUT2D eigenvalue weighted by Crippen LogP contribution is 2.20. The summed E-state index contributed by atoms with van der Waals surface area (Å²) < 4.78 is 13.0. The van der Waals surface area contributed by atoms with Crippen LogP contribution in [0.4, 0.5) is 4.39 Å². The van der Waals surface area contributed by atoms with Gasteiger partial charge in [-0.2, -0.15) is 0 Å². The first-order valence-corrected chi connectivity index (χ1v) is 7.68. The van der Waals surface area contributed by atoms with Gasteiger partial charge in [-0.05, 0) is 42.8 Å². The maximum Gasteiger partial charge on any atom is 0.251 e. The Morgan fingerprint density at radius 1 is 1.22 bits per heavy atom. The minimum absolute atomic E-state index is 0.204. The molecule has 2 aromatic carbocycles. The molecular weight excluding hydrogens is 293 g/mol. The molecule has 0 unspecified atom stereocenters. The fraction of sp³-hybridized carbons (Fsp3) is 0.222. The van der Waals surface area contributed by atoms with Gasteiger partial charge in [0.2, 0.25) is 0 Å². The summed E-state index contributed by atoms with van der Waals surface area (Å²) in [6.07, 6.45) is 1.68. The highest BCUT2D eigenvalue weighted by molar-refractivity contribution is 5.94. The Kier molecular flexibility index (Phi) is 4.37. The molecule has 1 atom stereocenters. The van der Waals surface area contributed by atoms with E-state index in [2.05, 4.69) is 22.2 Å². The number of imidazole rings is 1. The lowest BCUT2D eigenvalue weighted by Gasteiger charge is -2.16. The minimum atomic E-state index is -0.357. The Labute approximate surface area is 133 Å². The average Bonchev–Trinajstić information content (AvgIpc) is 2.99. The number of nitrogens with zero attached hydrogens (tertiary/aromatic N) is 1. The van der Waals surface area contributed by atoms with E-state index < -0.39 is 0 Å². The Bertz CT molecular complexity index is 778. The highest BCUT2D eigenvalue weighted by Gasteiger charge is 2.18. The molecule has 0 saturated carbocycles. The van der Waals surface area contributed by atoms with Crippen molar-refractivity contribution in [2.24, 2.45) is 0 Å². The fourth-order valence-electron chi connectivity index (χ4n) is 2.55. The molecule has 0 spiro atoms. The van der Waals surface area contributed by atoms with Crippen molar-refractivity contribution in [3.05, 3.63) is 65.7 Å². The molecule has 1 amide bonds. The summed E-state index contributed by atoms with van der Waals surface area (Å²) in [5, 5.41) is 2.98. The predicted octanol–water partition coefficient (Wildman–Crippen LogP) is 3.97. The molecule has 3 aromatic rings. The van der Waals surface area contributed by atoms with E-state index in [0.29, 0.717) is 5.56 Å². The van der Waals surface area contributed by atoms with Crippen molar-refractivity contribution in [1.29, 1.82) is 0 Å². The van der Waals surface area contributed by atoms with Crippen molar-refractivity contribution in [1.82, 2.24) is 15.3 Å². The zero-order chi connectivity index (χ0) is 16.2. The molecule has 0 radical (unpaired) electrons. The van der Waals surface area contributed by atoms with Crippen LogP contribution in [0.25, 0.3) is 11.0 Å². The molecule has 5 heteroatoms. The molecule has 0 aliphatic rings. The predicted molar refractivity (Wildman–Crippen MR) is 87.6 cm³/mol.